The Hall–Kier alpha value is -1.55. The van der Waals surface area contributed by atoms with Gasteiger partial charge in [0, 0.05) is 12.1 Å². The van der Waals surface area contributed by atoms with Crippen LogP contribution in [0.25, 0.3) is 5.69 Å². The van der Waals surface area contributed by atoms with Gasteiger partial charge in [0.15, 0.2) is 0 Å². The van der Waals surface area contributed by atoms with Gasteiger partial charge in [-0.3, -0.25) is 0 Å². The molecule has 0 unspecified atom stereocenters. The first-order valence-electron chi connectivity index (χ1n) is 5.30. The number of hydrogen-bond donors (Lipinski definition) is 1. The molecule has 0 aliphatic heterocycles. The van der Waals surface area contributed by atoms with Crippen LogP contribution < -0.4 is 5.73 Å². The van der Waals surface area contributed by atoms with Crippen LogP contribution in [0, 0.1) is 5.82 Å². The van der Waals surface area contributed by atoms with Crippen LogP contribution >= 0.6 is 11.6 Å². The number of halogens is 2. The minimum atomic E-state index is -0.481. The van der Waals surface area contributed by atoms with Crippen molar-refractivity contribution in [3.63, 3.8) is 0 Å². The van der Waals surface area contributed by atoms with Crippen LogP contribution in [0.2, 0.25) is 5.02 Å². The Morgan fingerprint density at radius 1 is 1.35 bits per heavy atom. The summed E-state index contributed by atoms with van der Waals surface area (Å²) >= 11 is 5.63. The summed E-state index contributed by atoms with van der Waals surface area (Å²) in [5, 5.41) is 4.42. The van der Waals surface area contributed by atoms with Crippen LogP contribution in [0.15, 0.2) is 24.3 Å². The minimum absolute atomic E-state index is 0.0866. The normalized spacial score (nSPS) is 11.1. The van der Waals surface area contributed by atoms with Gasteiger partial charge in [-0.1, -0.05) is 25.4 Å². The fourth-order valence-corrected chi connectivity index (χ4v) is 1.64. The molecule has 2 rings (SSSR count). The highest BCUT2D eigenvalue weighted by molar-refractivity contribution is 6.30. The minimum Gasteiger partial charge on any atom is -0.384 e. The molecule has 0 fully saturated rings. The van der Waals surface area contributed by atoms with Crippen LogP contribution in [0.1, 0.15) is 25.5 Å². The molecule has 0 aliphatic rings. The van der Waals surface area contributed by atoms with Gasteiger partial charge < -0.3 is 5.73 Å². The van der Waals surface area contributed by atoms with Gasteiger partial charge in [-0.15, -0.1) is 0 Å². The summed E-state index contributed by atoms with van der Waals surface area (Å²) in [5.74, 6) is 0.274. The highest BCUT2D eigenvalue weighted by Gasteiger charge is 2.11. The van der Waals surface area contributed by atoms with E-state index in [0.29, 0.717) is 11.5 Å². The molecular weight excluding hydrogens is 241 g/mol. The number of nitrogens with two attached hydrogens (primary N) is 1. The largest absolute Gasteiger partial charge is 0.384 e. The van der Waals surface area contributed by atoms with Crippen molar-refractivity contribution < 1.29 is 4.39 Å². The fraction of sp³-hybridized carbons (Fsp3) is 0.250. The highest BCUT2D eigenvalue weighted by Crippen LogP contribution is 2.22. The molecule has 0 radical (unpaired) electrons. The molecule has 0 spiro atoms. The van der Waals surface area contributed by atoms with E-state index in [1.807, 2.05) is 13.8 Å². The molecule has 2 aromatic rings. The highest BCUT2D eigenvalue weighted by atomic mass is 35.5. The van der Waals surface area contributed by atoms with Crippen molar-refractivity contribution in [2.24, 2.45) is 0 Å². The molecular formula is C12H13ClFN3. The molecule has 5 heteroatoms. The number of nitrogen functional groups attached to an aromatic ring is 1. The van der Waals surface area contributed by atoms with E-state index in [4.69, 9.17) is 17.3 Å². The third-order valence-electron chi connectivity index (χ3n) is 2.50. The summed E-state index contributed by atoms with van der Waals surface area (Å²) in [4.78, 5) is 0. The van der Waals surface area contributed by atoms with Crippen LogP contribution in [0.3, 0.4) is 0 Å². The Labute approximate surface area is 104 Å². The van der Waals surface area contributed by atoms with Crippen molar-refractivity contribution in [3.05, 3.63) is 40.8 Å². The lowest BCUT2D eigenvalue weighted by atomic mass is 10.1. The number of hydrogen-bond acceptors (Lipinski definition) is 2. The second kappa shape index (κ2) is 4.37. The summed E-state index contributed by atoms with van der Waals surface area (Å²) < 4.78 is 14.9. The van der Waals surface area contributed by atoms with Gasteiger partial charge in [0.05, 0.1) is 16.4 Å². The lowest BCUT2D eigenvalue weighted by molar-refractivity contribution is 0.625. The molecule has 0 saturated heterocycles. The topological polar surface area (TPSA) is 43.8 Å². The number of anilines is 1. The summed E-state index contributed by atoms with van der Waals surface area (Å²) in [5.41, 5.74) is 7.28. The quantitative estimate of drug-likeness (QED) is 0.892. The van der Waals surface area contributed by atoms with E-state index in [9.17, 15) is 4.39 Å². The molecule has 17 heavy (non-hydrogen) atoms. The molecule has 0 amide bonds. The van der Waals surface area contributed by atoms with Gasteiger partial charge in [0.25, 0.3) is 0 Å². The average molecular weight is 254 g/mol. The Morgan fingerprint density at radius 2 is 2.06 bits per heavy atom. The van der Waals surface area contributed by atoms with Crippen LogP contribution in [0.5, 0.6) is 0 Å². The van der Waals surface area contributed by atoms with Gasteiger partial charge in [-0.2, -0.15) is 5.10 Å². The zero-order valence-electron chi connectivity index (χ0n) is 9.61. The molecule has 0 saturated carbocycles. The Balaban J connectivity index is 2.49. The molecule has 0 atom stereocenters. The molecule has 1 aromatic heterocycles. The van der Waals surface area contributed by atoms with Gasteiger partial charge in [-0.05, 0) is 18.1 Å². The number of benzene rings is 1. The average Bonchev–Trinajstić information content (AvgIpc) is 2.65. The molecule has 3 nitrogen and oxygen atoms in total. The standard InChI is InChI=1S/C12H13ClFN3/c1-7(2)11-6-12(15)17(16-11)8-3-4-9(13)10(14)5-8/h3-7H,15H2,1-2H3. The summed E-state index contributed by atoms with van der Waals surface area (Å²) in [6.45, 7) is 4.04. The molecule has 1 aromatic carbocycles. The van der Waals surface area contributed by atoms with Crippen molar-refractivity contribution in [2.45, 2.75) is 19.8 Å². The Kier molecular flexibility index (Phi) is 3.07. The van der Waals surface area contributed by atoms with Gasteiger partial charge in [-0.25, -0.2) is 9.07 Å². The first kappa shape index (κ1) is 11.9. The van der Waals surface area contributed by atoms with E-state index < -0.39 is 5.82 Å². The lowest BCUT2D eigenvalue weighted by Crippen LogP contribution is -2.02. The maximum absolute atomic E-state index is 13.3. The molecule has 2 N–H and O–H groups in total. The summed E-state index contributed by atoms with van der Waals surface area (Å²) in [6, 6.07) is 6.27. The summed E-state index contributed by atoms with van der Waals surface area (Å²) in [6.07, 6.45) is 0. The third kappa shape index (κ3) is 2.26. The van der Waals surface area contributed by atoms with E-state index >= 15 is 0 Å². The SMILES string of the molecule is CC(C)c1cc(N)n(-c2ccc(Cl)c(F)c2)n1. The predicted molar refractivity (Wildman–Crippen MR) is 67.0 cm³/mol. The van der Waals surface area contributed by atoms with Crippen molar-refractivity contribution in [1.29, 1.82) is 0 Å². The monoisotopic (exact) mass is 253 g/mol. The van der Waals surface area contributed by atoms with E-state index in [1.165, 1.54) is 16.8 Å². The van der Waals surface area contributed by atoms with Crippen LogP contribution in [0.4, 0.5) is 10.2 Å². The van der Waals surface area contributed by atoms with Crippen molar-refractivity contribution in [2.75, 3.05) is 5.73 Å². The third-order valence-corrected chi connectivity index (χ3v) is 2.80. The zero-order chi connectivity index (χ0) is 12.6. The molecule has 1 heterocycles. The Bertz CT molecular complexity index is 549. The number of aromatic nitrogens is 2. The van der Waals surface area contributed by atoms with Crippen LogP contribution in [-0.4, -0.2) is 9.78 Å². The fourth-order valence-electron chi connectivity index (χ4n) is 1.52. The summed E-state index contributed by atoms with van der Waals surface area (Å²) in [7, 11) is 0. The van der Waals surface area contributed by atoms with Crippen molar-refractivity contribution >= 4 is 17.4 Å². The number of rotatable bonds is 2. The van der Waals surface area contributed by atoms with Crippen LogP contribution in [-0.2, 0) is 0 Å². The van der Waals surface area contributed by atoms with Crippen molar-refractivity contribution in [3.8, 4) is 5.69 Å². The number of nitrogens with zero attached hydrogens (tertiary/aromatic N) is 2. The second-order valence-electron chi connectivity index (χ2n) is 4.16. The van der Waals surface area contributed by atoms with Gasteiger partial charge in [0.2, 0.25) is 0 Å². The molecule has 90 valence electrons. The van der Waals surface area contributed by atoms with Gasteiger partial charge in [0.1, 0.15) is 11.6 Å². The van der Waals surface area contributed by atoms with E-state index in [0.717, 1.165) is 5.69 Å². The maximum Gasteiger partial charge on any atom is 0.143 e. The van der Waals surface area contributed by atoms with E-state index in [-0.39, 0.29) is 10.9 Å². The molecule has 0 aliphatic carbocycles. The Morgan fingerprint density at radius 3 is 2.59 bits per heavy atom. The van der Waals surface area contributed by atoms with Gasteiger partial charge >= 0.3 is 0 Å². The van der Waals surface area contributed by atoms with E-state index in [1.54, 1.807) is 12.1 Å². The van der Waals surface area contributed by atoms with E-state index in [2.05, 4.69) is 5.10 Å². The maximum atomic E-state index is 13.3. The lowest BCUT2D eigenvalue weighted by Gasteiger charge is -2.05. The first-order chi connectivity index (χ1) is 7.99. The first-order valence-corrected chi connectivity index (χ1v) is 5.67. The van der Waals surface area contributed by atoms with Crippen molar-refractivity contribution in [1.82, 2.24) is 9.78 Å². The zero-order valence-corrected chi connectivity index (χ0v) is 10.4. The second-order valence-corrected chi connectivity index (χ2v) is 4.57. The smallest absolute Gasteiger partial charge is 0.143 e. The molecule has 0 bridgehead atoms. The predicted octanol–water partition coefficient (Wildman–Crippen LogP) is 3.37.